The number of phenols is 2. The number of hydrogen-bond donors (Lipinski definition) is 6. The van der Waals surface area contributed by atoms with E-state index in [0.29, 0.717) is 5.56 Å². The third kappa shape index (κ3) is 4.41. The molecule has 26 heavy (non-hydrogen) atoms. The van der Waals surface area contributed by atoms with Gasteiger partial charge in [0.05, 0.1) is 13.7 Å². The lowest BCUT2D eigenvalue weighted by Crippen LogP contribution is -2.60. The molecule has 2 rings (SSSR count). The van der Waals surface area contributed by atoms with Gasteiger partial charge in [-0.1, -0.05) is 6.07 Å². The van der Waals surface area contributed by atoms with Gasteiger partial charge in [-0.3, -0.25) is 0 Å². The fourth-order valence-electron chi connectivity index (χ4n) is 2.57. The highest BCUT2D eigenvalue weighted by Gasteiger charge is 2.45. The Hall–Kier alpha value is -1.95. The van der Waals surface area contributed by atoms with Crippen molar-refractivity contribution in [2.45, 2.75) is 43.2 Å². The van der Waals surface area contributed by atoms with E-state index >= 15 is 0 Å². The molecule has 0 aromatic heterocycles. The Morgan fingerprint density at radius 1 is 1.15 bits per heavy atom. The molecule has 1 saturated heterocycles. The second-order valence-corrected chi connectivity index (χ2v) is 5.87. The van der Waals surface area contributed by atoms with Gasteiger partial charge in [0.15, 0.2) is 23.9 Å². The van der Waals surface area contributed by atoms with Gasteiger partial charge in [-0.05, 0) is 17.7 Å². The van der Waals surface area contributed by atoms with Crippen LogP contribution in [0.5, 0.6) is 11.5 Å². The maximum atomic E-state index is 12.0. The number of phenolic OH excluding ortho intramolecular Hbond substituents is 2. The van der Waals surface area contributed by atoms with Crippen molar-refractivity contribution in [2.24, 2.45) is 0 Å². The van der Waals surface area contributed by atoms with Crippen LogP contribution in [0.4, 0.5) is 0 Å². The van der Waals surface area contributed by atoms with Crippen LogP contribution in [0.2, 0.25) is 0 Å². The third-order valence-electron chi connectivity index (χ3n) is 4.07. The summed E-state index contributed by atoms with van der Waals surface area (Å²) < 4.78 is 15.3. The lowest BCUT2D eigenvalue weighted by molar-refractivity contribution is -0.310. The van der Waals surface area contributed by atoms with Crippen LogP contribution in [0.3, 0.4) is 0 Å². The first-order valence-corrected chi connectivity index (χ1v) is 7.83. The van der Waals surface area contributed by atoms with Crippen LogP contribution >= 0.6 is 0 Å². The van der Waals surface area contributed by atoms with Crippen LogP contribution in [0.1, 0.15) is 5.56 Å². The second-order valence-electron chi connectivity index (χ2n) is 5.87. The lowest BCUT2D eigenvalue weighted by atomic mass is 9.99. The normalized spacial score (nSPS) is 30.0. The van der Waals surface area contributed by atoms with Crippen molar-refractivity contribution in [3.63, 3.8) is 0 Å². The summed E-state index contributed by atoms with van der Waals surface area (Å²) in [5.74, 6) is -1.54. The largest absolute Gasteiger partial charge is 0.504 e. The summed E-state index contributed by atoms with van der Waals surface area (Å²) >= 11 is 0. The van der Waals surface area contributed by atoms with E-state index in [0.717, 1.165) is 7.11 Å². The van der Waals surface area contributed by atoms with Gasteiger partial charge in [0.1, 0.15) is 24.4 Å². The number of carbonyl (C=O) groups excluding carboxylic acids is 1. The number of ether oxygens (including phenoxy) is 3. The molecular weight excluding hydrogens is 352 g/mol. The molecule has 0 unspecified atom stereocenters. The number of methoxy groups -OCH3 is 1. The first kappa shape index (κ1) is 20.4. The highest BCUT2D eigenvalue weighted by atomic mass is 16.7. The summed E-state index contributed by atoms with van der Waals surface area (Å²) in [6.45, 7) is -0.639. The molecule has 6 N–H and O–H groups in total. The van der Waals surface area contributed by atoms with Crippen LogP contribution in [0.15, 0.2) is 18.2 Å². The number of rotatable bonds is 6. The molecule has 10 heteroatoms. The van der Waals surface area contributed by atoms with Crippen molar-refractivity contribution in [2.75, 3.05) is 13.7 Å². The smallest absolute Gasteiger partial charge is 0.335 e. The zero-order valence-electron chi connectivity index (χ0n) is 13.9. The average molecular weight is 374 g/mol. The molecule has 0 spiro atoms. The number of carbonyl (C=O) groups is 1. The highest BCUT2D eigenvalue weighted by molar-refractivity contribution is 5.75. The maximum absolute atomic E-state index is 12.0. The molecule has 6 atom stereocenters. The molecule has 0 bridgehead atoms. The van der Waals surface area contributed by atoms with E-state index in [2.05, 4.69) is 4.74 Å². The van der Waals surface area contributed by atoms with Crippen molar-refractivity contribution < 1.29 is 49.6 Å². The van der Waals surface area contributed by atoms with E-state index in [-0.39, 0.29) is 17.9 Å². The van der Waals surface area contributed by atoms with Gasteiger partial charge in [-0.15, -0.1) is 0 Å². The summed E-state index contributed by atoms with van der Waals surface area (Å²) in [6, 6.07) is 3.90. The molecule has 0 aliphatic carbocycles. The molecule has 1 fully saturated rings. The van der Waals surface area contributed by atoms with Gasteiger partial charge >= 0.3 is 5.97 Å². The summed E-state index contributed by atoms with van der Waals surface area (Å²) in [5, 5.41) is 57.6. The summed E-state index contributed by atoms with van der Waals surface area (Å²) in [7, 11) is 1.13. The lowest BCUT2D eigenvalue weighted by Gasteiger charge is -2.40. The maximum Gasteiger partial charge on any atom is 0.335 e. The van der Waals surface area contributed by atoms with Gasteiger partial charge in [0.2, 0.25) is 0 Å². The van der Waals surface area contributed by atoms with Gasteiger partial charge in [0.25, 0.3) is 0 Å². The quantitative estimate of drug-likeness (QED) is 0.242. The summed E-state index contributed by atoms with van der Waals surface area (Å²) in [6.07, 6.45) is -8.97. The SMILES string of the molecule is COC(=O)[C@@H](Cc1ccc(O)c(O)c1)O[C@@H]1O[C@H](CO)[C@@H](O)[C@H](O)[C@H]1O. The minimum atomic E-state index is -1.67. The van der Waals surface area contributed by atoms with E-state index in [1.54, 1.807) is 0 Å². The third-order valence-corrected chi connectivity index (χ3v) is 4.07. The molecule has 0 amide bonds. The molecule has 1 heterocycles. The van der Waals surface area contributed by atoms with E-state index < -0.39 is 49.4 Å². The van der Waals surface area contributed by atoms with Crippen molar-refractivity contribution in [3.05, 3.63) is 23.8 Å². The van der Waals surface area contributed by atoms with Gasteiger partial charge < -0.3 is 44.8 Å². The van der Waals surface area contributed by atoms with E-state index in [1.807, 2.05) is 0 Å². The first-order chi connectivity index (χ1) is 12.3. The first-order valence-electron chi connectivity index (χ1n) is 7.83. The molecule has 0 saturated carbocycles. The minimum absolute atomic E-state index is 0.102. The average Bonchev–Trinajstić information content (AvgIpc) is 2.63. The number of aliphatic hydroxyl groups is 4. The predicted octanol–water partition coefficient (Wildman–Crippen LogP) is -2.00. The van der Waals surface area contributed by atoms with E-state index in [1.165, 1.54) is 18.2 Å². The fourth-order valence-corrected chi connectivity index (χ4v) is 2.57. The Kier molecular flexibility index (Phi) is 6.75. The van der Waals surface area contributed by atoms with E-state index in [9.17, 15) is 35.4 Å². The van der Waals surface area contributed by atoms with Crippen LogP contribution < -0.4 is 0 Å². The van der Waals surface area contributed by atoms with Gasteiger partial charge in [-0.2, -0.15) is 0 Å². The molecule has 1 aromatic rings. The molecule has 0 radical (unpaired) electrons. The van der Waals surface area contributed by atoms with E-state index in [4.69, 9.17) is 9.47 Å². The Morgan fingerprint density at radius 2 is 1.85 bits per heavy atom. The van der Waals surface area contributed by atoms with Gasteiger partial charge in [0, 0.05) is 6.42 Å². The Morgan fingerprint density at radius 3 is 2.42 bits per heavy atom. The number of esters is 1. The molecule has 1 aliphatic rings. The Balaban J connectivity index is 2.16. The monoisotopic (exact) mass is 374 g/mol. The zero-order chi connectivity index (χ0) is 19.4. The van der Waals surface area contributed by atoms with Crippen molar-refractivity contribution in [1.82, 2.24) is 0 Å². The molecule has 1 aliphatic heterocycles. The highest BCUT2D eigenvalue weighted by Crippen LogP contribution is 2.27. The van der Waals surface area contributed by atoms with Crippen LogP contribution in [-0.4, -0.2) is 87.1 Å². The fraction of sp³-hybridized carbons (Fsp3) is 0.562. The Bertz CT molecular complexity index is 619. The number of hydrogen-bond acceptors (Lipinski definition) is 10. The number of benzene rings is 1. The number of aromatic hydroxyl groups is 2. The zero-order valence-corrected chi connectivity index (χ0v) is 13.9. The van der Waals surface area contributed by atoms with Crippen molar-refractivity contribution in [1.29, 1.82) is 0 Å². The standard InChI is InChI=1S/C16H22O10/c1-24-15(23)10(5-7-2-3-8(18)9(19)4-7)25-16-14(22)13(21)12(20)11(6-17)26-16/h2-4,10-14,16-22H,5-6H2,1H3/t10-,11-,12-,13+,14-,16-/m1/s1. The minimum Gasteiger partial charge on any atom is -0.504 e. The summed E-state index contributed by atoms with van der Waals surface area (Å²) in [4.78, 5) is 12.0. The van der Waals surface area contributed by atoms with Crippen molar-refractivity contribution in [3.8, 4) is 11.5 Å². The van der Waals surface area contributed by atoms with Crippen LogP contribution in [-0.2, 0) is 25.4 Å². The van der Waals surface area contributed by atoms with Crippen molar-refractivity contribution >= 4 is 5.97 Å². The van der Waals surface area contributed by atoms with Gasteiger partial charge in [-0.25, -0.2) is 4.79 Å². The summed E-state index contributed by atoms with van der Waals surface area (Å²) in [5.41, 5.74) is 0.417. The molecule has 10 nitrogen and oxygen atoms in total. The predicted molar refractivity (Wildman–Crippen MR) is 84.1 cm³/mol. The molecule has 146 valence electrons. The second kappa shape index (κ2) is 8.62. The molecule has 1 aromatic carbocycles. The number of aliphatic hydroxyl groups excluding tert-OH is 4. The van der Waals surface area contributed by atoms with Crippen LogP contribution in [0, 0.1) is 0 Å². The van der Waals surface area contributed by atoms with Crippen LogP contribution in [0.25, 0.3) is 0 Å². The molecular formula is C16H22O10. The Labute approximate surface area is 148 Å². The topological polar surface area (TPSA) is 166 Å².